The number of anilines is 1. The van der Waals surface area contributed by atoms with E-state index in [0.29, 0.717) is 19.5 Å². The fraction of sp³-hybridized carbons (Fsp3) is 0.440. The second kappa shape index (κ2) is 11.5. The Morgan fingerprint density at radius 2 is 1.74 bits per heavy atom. The van der Waals surface area contributed by atoms with Crippen molar-refractivity contribution in [2.75, 3.05) is 31.5 Å². The predicted octanol–water partition coefficient (Wildman–Crippen LogP) is 3.71. The maximum Gasteiger partial charge on any atom is 0.225 e. The zero-order valence-corrected chi connectivity index (χ0v) is 18.9. The molecular formula is C25H35N5O. The van der Waals surface area contributed by atoms with Gasteiger partial charge in [0.2, 0.25) is 5.91 Å². The first-order chi connectivity index (χ1) is 15.1. The van der Waals surface area contributed by atoms with E-state index in [0.717, 1.165) is 37.8 Å². The van der Waals surface area contributed by atoms with Crippen LogP contribution in [0.25, 0.3) is 0 Å². The van der Waals surface area contributed by atoms with Crippen LogP contribution in [0.5, 0.6) is 0 Å². The number of carbonyl (C=O) groups is 1. The summed E-state index contributed by atoms with van der Waals surface area (Å²) in [5.74, 6) is 0.976. The molecule has 2 aromatic rings. The van der Waals surface area contributed by atoms with E-state index in [1.165, 1.54) is 16.7 Å². The van der Waals surface area contributed by atoms with Gasteiger partial charge in [0.05, 0.1) is 6.54 Å². The molecule has 31 heavy (non-hydrogen) atoms. The average molecular weight is 422 g/mol. The van der Waals surface area contributed by atoms with Crippen molar-refractivity contribution in [3.05, 3.63) is 65.2 Å². The Kier molecular flexibility index (Phi) is 8.47. The number of benzene rings is 2. The molecule has 1 aliphatic rings. The molecule has 1 unspecified atom stereocenters. The number of hydrogen-bond donors (Lipinski definition) is 3. The highest BCUT2D eigenvalue weighted by atomic mass is 16.1. The molecule has 1 amide bonds. The highest BCUT2D eigenvalue weighted by Gasteiger charge is 2.24. The van der Waals surface area contributed by atoms with Crippen LogP contribution in [0.3, 0.4) is 0 Å². The van der Waals surface area contributed by atoms with Crippen molar-refractivity contribution in [1.29, 1.82) is 0 Å². The summed E-state index contributed by atoms with van der Waals surface area (Å²) in [5.41, 5.74) is 4.60. The SMILES string of the molecule is CCNC(=NCc1ccc(CN(CC)CC)cc1)NCC1CC(=O)Nc2ccccc21. The minimum atomic E-state index is 0.0669. The Labute approximate surface area is 186 Å². The summed E-state index contributed by atoms with van der Waals surface area (Å²) in [6.07, 6.45) is 0.484. The molecule has 166 valence electrons. The Morgan fingerprint density at radius 3 is 2.45 bits per heavy atom. The fourth-order valence-corrected chi connectivity index (χ4v) is 3.87. The molecule has 0 radical (unpaired) electrons. The molecule has 1 heterocycles. The molecule has 0 saturated carbocycles. The maximum absolute atomic E-state index is 12.1. The number of fused-ring (bicyclic) bond motifs is 1. The minimum absolute atomic E-state index is 0.0669. The molecule has 2 aromatic carbocycles. The largest absolute Gasteiger partial charge is 0.357 e. The normalized spacial score (nSPS) is 16.1. The summed E-state index contributed by atoms with van der Waals surface area (Å²) in [5, 5.41) is 9.70. The molecule has 0 aliphatic carbocycles. The number of amides is 1. The second-order valence-corrected chi connectivity index (χ2v) is 7.89. The first kappa shape index (κ1) is 22.8. The van der Waals surface area contributed by atoms with Crippen LogP contribution < -0.4 is 16.0 Å². The van der Waals surface area contributed by atoms with Gasteiger partial charge >= 0.3 is 0 Å². The molecular weight excluding hydrogens is 386 g/mol. The third-order valence-corrected chi connectivity index (χ3v) is 5.71. The van der Waals surface area contributed by atoms with Crippen molar-refractivity contribution in [3.8, 4) is 0 Å². The van der Waals surface area contributed by atoms with E-state index in [9.17, 15) is 4.79 Å². The van der Waals surface area contributed by atoms with E-state index in [-0.39, 0.29) is 11.8 Å². The molecule has 3 rings (SSSR count). The van der Waals surface area contributed by atoms with Crippen LogP contribution in [0.15, 0.2) is 53.5 Å². The van der Waals surface area contributed by atoms with Gasteiger partial charge in [-0.15, -0.1) is 0 Å². The molecule has 0 fully saturated rings. The van der Waals surface area contributed by atoms with E-state index in [1.807, 2.05) is 18.2 Å². The van der Waals surface area contributed by atoms with Crippen molar-refractivity contribution in [2.24, 2.45) is 4.99 Å². The second-order valence-electron chi connectivity index (χ2n) is 7.89. The van der Waals surface area contributed by atoms with Crippen LogP contribution in [-0.4, -0.2) is 42.9 Å². The van der Waals surface area contributed by atoms with Crippen LogP contribution in [0.4, 0.5) is 5.69 Å². The van der Waals surface area contributed by atoms with Gasteiger partial charge in [-0.05, 0) is 42.8 Å². The number of carbonyl (C=O) groups excluding carboxylic acids is 1. The summed E-state index contributed by atoms with van der Waals surface area (Å²) < 4.78 is 0. The average Bonchev–Trinajstić information content (AvgIpc) is 2.79. The number of guanidine groups is 1. The number of nitrogens with one attached hydrogen (secondary N) is 3. The standard InChI is InChI=1S/C25H35N5O/c1-4-26-25(27-16-19-11-13-20(14-12-19)18-30(5-2)6-3)28-17-21-15-24(31)29-23-10-8-7-9-22(21)23/h7-14,21H,4-6,15-18H2,1-3H3,(H,29,31)(H2,26,27,28). The molecule has 6 heteroatoms. The topological polar surface area (TPSA) is 68.8 Å². The molecule has 0 aromatic heterocycles. The van der Waals surface area contributed by atoms with E-state index in [2.05, 4.69) is 72.0 Å². The molecule has 1 atom stereocenters. The number of nitrogens with zero attached hydrogens (tertiary/aromatic N) is 2. The number of rotatable bonds is 9. The van der Waals surface area contributed by atoms with Crippen LogP contribution in [0, 0.1) is 0 Å². The van der Waals surface area contributed by atoms with E-state index in [4.69, 9.17) is 4.99 Å². The maximum atomic E-state index is 12.1. The van der Waals surface area contributed by atoms with E-state index < -0.39 is 0 Å². The van der Waals surface area contributed by atoms with E-state index >= 15 is 0 Å². The lowest BCUT2D eigenvalue weighted by Gasteiger charge is -2.26. The lowest BCUT2D eigenvalue weighted by atomic mass is 9.90. The fourth-order valence-electron chi connectivity index (χ4n) is 3.87. The Bertz CT molecular complexity index is 874. The van der Waals surface area contributed by atoms with Crippen molar-refractivity contribution < 1.29 is 4.79 Å². The van der Waals surface area contributed by atoms with E-state index in [1.54, 1.807) is 0 Å². The molecule has 0 saturated heterocycles. The van der Waals surface area contributed by atoms with Gasteiger partial charge in [-0.3, -0.25) is 9.69 Å². The van der Waals surface area contributed by atoms with Crippen molar-refractivity contribution in [1.82, 2.24) is 15.5 Å². The smallest absolute Gasteiger partial charge is 0.225 e. The molecule has 6 nitrogen and oxygen atoms in total. The van der Waals surface area contributed by atoms with Gasteiger partial charge < -0.3 is 16.0 Å². The van der Waals surface area contributed by atoms with Crippen molar-refractivity contribution in [2.45, 2.75) is 46.2 Å². The van der Waals surface area contributed by atoms with Gasteiger partial charge in [0.25, 0.3) is 0 Å². The summed E-state index contributed by atoms with van der Waals surface area (Å²) >= 11 is 0. The van der Waals surface area contributed by atoms with Crippen molar-refractivity contribution in [3.63, 3.8) is 0 Å². The number of aliphatic imine (C=N–C) groups is 1. The molecule has 1 aliphatic heterocycles. The summed E-state index contributed by atoms with van der Waals surface area (Å²) in [6, 6.07) is 16.7. The van der Waals surface area contributed by atoms with Gasteiger partial charge in [0.1, 0.15) is 0 Å². The Balaban J connectivity index is 1.60. The van der Waals surface area contributed by atoms with Crippen LogP contribution in [0.1, 0.15) is 49.8 Å². The monoisotopic (exact) mass is 421 g/mol. The zero-order chi connectivity index (χ0) is 22.1. The predicted molar refractivity (Wildman–Crippen MR) is 128 cm³/mol. The zero-order valence-electron chi connectivity index (χ0n) is 18.9. The quantitative estimate of drug-likeness (QED) is 0.426. The number of hydrogen-bond acceptors (Lipinski definition) is 3. The van der Waals surface area contributed by atoms with Gasteiger partial charge in [-0.2, -0.15) is 0 Å². The van der Waals surface area contributed by atoms with Crippen LogP contribution in [0.2, 0.25) is 0 Å². The first-order valence-corrected chi connectivity index (χ1v) is 11.3. The lowest BCUT2D eigenvalue weighted by molar-refractivity contribution is -0.116. The third-order valence-electron chi connectivity index (χ3n) is 5.71. The summed E-state index contributed by atoms with van der Waals surface area (Å²) in [6.45, 7) is 11.6. The van der Waals surface area contributed by atoms with Gasteiger partial charge in [-0.25, -0.2) is 4.99 Å². The molecule has 0 bridgehead atoms. The van der Waals surface area contributed by atoms with Crippen molar-refractivity contribution >= 4 is 17.6 Å². The summed E-state index contributed by atoms with van der Waals surface area (Å²) in [4.78, 5) is 19.2. The lowest BCUT2D eigenvalue weighted by Crippen LogP contribution is -2.40. The number of para-hydroxylation sites is 1. The third kappa shape index (κ3) is 6.56. The van der Waals surface area contributed by atoms with Gasteiger partial charge in [-0.1, -0.05) is 56.3 Å². The van der Waals surface area contributed by atoms with Gasteiger partial charge in [0.15, 0.2) is 5.96 Å². The Hall–Kier alpha value is -2.86. The highest BCUT2D eigenvalue weighted by Crippen LogP contribution is 2.31. The molecule has 3 N–H and O–H groups in total. The molecule has 0 spiro atoms. The highest BCUT2D eigenvalue weighted by molar-refractivity contribution is 5.94. The Morgan fingerprint density at radius 1 is 1.03 bits per heavy atom. The van der Waals surface area contributed by atoms with Gasteiger partial charge in [0, 0.05) is 37.7 Å². The minimum Gasteiger partial charge on any atom is -0.357 e. The van der Waals surface area contributed by atoms with Crippen LogP contribution >= 0.6 is 0 Å². The first-order valence-electron chi connectivity index (χ1n) is 11.3. The van der Waals surface area contributed by atoms with Crippen LogP contribution in [-0.2, 0) is 17.9 Å². The summed E-state index contributed by atoms with van der Waals surface area (Å²) in [7, 11) is 0.